The Hall–Kier alpha value is -2.82. The molecule has 1 fully saturated rings. The minimum atomic E-state index is -0.215. The van der Waals surface area contributed by atoms with E-state index in [-0.39, 0.29) is 24.4 Å². The number of carbonyl (C=O) groups excluding carboxylic acids is 2. The number of rotatable bonds is 6. The predicted molar refractivity (Wildman–Crippen MR) is 110 cm³/mol. The topological polar surface area (TPSA) is 58.6 Å². The smallest absolute Gasteiger partial charge is 0.251 e. The molecule has 28 heavy (non-hydrogen) atoms. The van der Waals surface area contributed by atoms with E-state index in [0.717, 1.165) is 41.8 Å². The second-order valence-electron chi connectivity index (χ2n) is 7.23. The largest absolute Gasteiger partial charge is 0.494 e. The van der Waals surface area contributed by atoms with Gasteiger partial charge in [0.05, 0.1) is 19.2 Å². The zero-order chi connectivity index (χ0) is 20.1. The summed E-state index contributed by atoms with van der Waals surface area (Å²) in [5, 5.41) is 2.77. The molecule has 2 amide bonds. The summed E-state index contributed by atoms with van der Waals surface area (Å²) in [5.74, 6) is 0.574. The molecule has 0 bridgehead atoms. The molecule has 2 aromatic rings. The van der Waals surface area contributed by atoms with Gasteiger partial charge in [0.2, 0.25) is 5.91 Å². The molecular weight excluding hydrogens is 352 g/mol. The van der Waals surface area contributed by atoms with Crippen LogP contribution in [0.15, 0.2) is 42.5 Å². The first-order valence-electron chi connectivity index (χ1n) is 9.87. The third-order valence-electron chi connectivity index (χ3n) is 5.32. The fourth-order valence-electron chi connectivity index (χ4n) is 3.61. The van der Waals surface area contributed by atoms with Crippen LogP contribution in [0.25, 0.3) is 0 Å². The van der Waals surface area contributed by atoms with Gasteiger partial charge >= 0.3 is 0 Å². The van der Waals surface area contributed by atoms with Crippen LogP contribution in [0.2, 0.25) is 0 Å². The Balaban J connectivity index is 1.61. The van der Waals surface area contributed by atoms with Crippen LogP contribution in [-0.4, -0.2) is 36.4 Å². The number of hydrogen-bond donors (Lipinski definition) is 1. The molecule has 0 aliphatic carbocycles. The van der Waals surface area contributed by atoms with E-state index in [4.69, 9.17) is 4.74 Å². The summed E-state index contributed by atoms with van der Waals surface area (Å²) in [7, 11) is 0. The van der Waals surface area contributed by atoms with E-state index in [1.165, 1.54) is 0 Å². The number of nitrogens with one attached hydrogen (secondary N) is 1. The average molecular weight is 380 g/mol. The van der Waals surface area contributed by atoms with Crippen LogP contribution in [0.1, 0.15) is 52.9 Å². The average Bonchev–Trinajstić information content (AvgIpc) is 3.19. The van der Waals surface area contributed by atoms with Crippen LogP contribution in [0, 0.1) is 13.8 Å². The first-order valence-corrected chi connectivity index (χ1v) is 9.87. The van der Waals surface area contributed by atoms with Crippen LogP contribution in [0.4, 0.5) is 0 Å². The molecule has 5 heteroatoms. The Morgan fingerprint density at radius 1 is 1.11 bits per heavy atom. The first-order chi connectivity index (χ1) is 13.5. The Morgan fingerprint density at radius 3 is 2.54 bits per heavy atom. The Morgan fingerprint density at radius 2 is 1.86 bits per heavy atom. The highest BCUT2D eigenvalue weighted by molar-refractivity contribution is 5.96. The lowest BCUT2D eigenvalue weighted by Gasteiger charge is -2.25. The number of hydrogen-bond acceptors (Lipinski definition) is 3. The fourth-order valence-corrected chi connectivity index (χ4v) is 3.61. The molecule has 0 radical (unpaired) electrons. The van der Waals surface area contributed by atoms with E-state index >= 15 is 0 Å². The molecule has 1 aliphatic heterocycles. The summed E-state index contributed by atoms with van der Waals surface area (Å²) < 4.78 is 5.49. The number of aryl methyl sites for hydroxylation is 2. The van der Waals surface area contributed by atoms with Crippen LogP contribution >= 0.6 is 0 Å². The van der Waals surface area contributed by atoms with E-state index < -0.39 is 0 Å². The number of amides is 2. The molecular formula is C23H28N2O3. The second kappa shape index (κ2) is 8.91. The summed E-state index contributed by atoms with van der Waals surface area (Å²) in [5.41, 5.74) is 3.90. The number of carbonyl (C=O) groups is 2. The molecule has 0 aromatic heterocycles. The van der Waals surface area contributed by atoms with Gasteiger partial charge in [-0.3, -0.25) is 9.59 Å². The molecule has 148 valence electrons. The lowest BCUT2D eigenvalue weighted by Crippen LogP contribution is -2.39. The minimum Gasteiger partial charge on any atom is -0.494 e. The van der Waals surface area contributed by atoms with Crippen LogP contribution in [-0.2, 0) is 4.79 Å². The third-order valence-corrected chi connectivity index (χ3v) is 5.32. The van der Waals surface area contributed by atoms with Gasteiger partial charge in [-0.15, -0.1) is 0 Å². The van der Waals surface area contributed by atoms with Crippen molar-refractivity contribution in [2.45, 2.75) is 39.7 Å². The molecule has 0 saturated carbocycles. The predicted octanol–water partition coefficient (Wildman–Crippen LogP) is 3.80. The van der Waals surface area contributed by atoms with Crippen LogP contribution in [0.3, 0.4) is 0 Å². The maximum absolute atomic E-state index is 12.7. The minimum absolute atomic E-state index is 0.0132. The number of likely N-dealkylation sites (tertiary alicyclic amines) is 1. The van der Waals surface area contributed by atoms with E-state index in [0.29, 0.717) is 12.2 Å². The highest BCUT2D eigenvalue weighted by Gasteiger charge is 2.29. The molecule has 5 nitrogen and oxygen atoms in total. The van der Waals surface area contributed by atoms with Crippen LogP contribution in [0.5, 0.6) is 5.75 Å². The maximum atomic E-state index is 12.7. The number of ether oxygens (including phenoxy) is 1. The number of nitrogens with zero attached hydrogens (tertiary/aromatic N) is 1. The Kier molecular flexibility index (Phi) is 6.34. The molecule has 0 unspecified atom stereocenters. The lowest BCUT2D eigenvalue weighted by molar-refractivity contribution is -0.131. The molecule has 1 atom stereocenters. The van der Waals surface area contributed by atoms with Gasteiger partial charge in [0.15, 0.2) is 0 Å². The molecule has 2 aromatic carbocycles. The standard InChI is InChI=1S/C23H28N2O3/c1-4-28-20-11-9-18(10-12-20)21-6-5-13-25(21)22(26)15-24-23(27)19-8-7-16(2)17(3)14-19/h7-12,14,21H,4-6,13,15H2,1-3H3,(H,24,27)/t21-/m0/s1. The normalized spacial score (nSPS) is 16.1. The quantitative estimate of drug-likeness (QED) is 0.829. The summed E-state index contributed by atoms with van der Waals surface area (Å²) in [6.07, 6.45) is 1.90. The van der Waals surface area contributed by atoms with E-state index in [1.54, 1.807) is 6.07 Å². The van der Waals surface area contributed by atoms with Crippen molar-refractivity contribution in [2.75, 3.05) is 19.7 Å². The molecule has 1 saturated heterocycles. The molecule has 1 aliphatic rings. The van der Waals surface area contributed by atoms with Gasteiger partial charge in [0.1, 0.15) is 5.75 Å². The van der Waals surface area contributed by atoms with Gasteiger partial charge in [0.25, 0.3) is 5.91 Å². The Labute approximate surface area is 166 Å². The van der Waals surface area contributed by atoms with Gasteiger partial charge in [0, 0.05) is 12.1 Å². The SMILES string of the molecule is CCOc1ccc([C@@H]2CCCN2C(=O)CNC(=O)c2ccc(C)c(C)c2)cc1. The van der Waals surface area contributed by atoms with E-state index in [9.17, 15) is 9.59 Å². The summed E-state index contributed by atoms with van der Waals surface area (Å²) in [6.45, 7) is 7.30. The maximum Gasteiger partial charge on any atom is 0.251 e. The van der Waals surface area contributed by atoms with Crippen molar-refractivity contribution in [3.63, 3.8) is 0 Å². The van der Waals surface area contributed by atoms with Gasteiger partial charge in [-0.2, -0.15) is 0 Å². The zero-order valence-electron chi connectivity index (χ0n) is 16.8. The summed E-state index contributed by atoms with van der Waals surface area (Å²) in [6, 6.07) is 13.6. The van der Waals surface area contributed by atoms with Crippen molar-refractivity contribution in [1.82, 2.24) is 10.2 Å². The first kappa shape index (κ1) is 19.9. The molecule has 1 heterocycles. The van der Waals surface area contributed by atoms with Crippen molar-refractivity contribution >= 4 is 11.8 Å². The number of benzene rings is 2. The van der Waals surface area contributed by atoms with Crippen molar-refractivity contribution in [3.05, 3.63) is 64.7 Å². The van der Waals surface area contributed by atoms with E-state index in [1.807, 2.05) is 62.1 Å². The summed E-state index contributed by atoms with van der Waals surface area (Å²) in [4.78, 5) is 27.0. The highest BCUT2D eigenvalue weighted by atomic mass is 16.5. The fraction of sp³-hybridized carbons (Fsp3) is 0.391. The summed E-state index contributed by atoms with van der Waals surface area (Å²) >= 11 is 0. The van der Waals surface area contributed by atoms with Crippen molar-refractivity contribution in [1.29, 1.82) is 0 Å². The van der Waals surface area contributed by atoms with Crippen molar-refractivity contribution in [3.8, 4) is 5.75 Å². The van der Waals surface area contributed by atoms with Crippen molar-refractivity contribution < 1.29 is 14.3 Å². The second-order valence-corrected chi connectivity index (χ2v) is 7.23. The lowest BCUT2D eigenvalue weighted by atomic mass is 10.0. The monoisotopic (exact) mass is 380 g/mol. The molecule has 3 rings (SSSR count). The van der Waals surface area contributed by atoms with Crippen LogP contribution < -0.4 is 10.1 Å². The van der Waals surface area contributed by atoms with Gasteiger partial charge < -0.3 is 15.0 Å². The van der Waals surface area contributed by atoms with Gasteiger partial charge in [-0.1, -0.05) is 18.2 Å². The van der Waals surface area contributed by atoms with Crippen molar-refractivity contribution in [2.24, 2.45) is 0 Å². The molecule has 0 spiro atoms. The third kappa shape index (κ3) is 4.53. The highest BCUT2D eigenvalue weighted by Crippen LogP contribution is 2.32. The zero-order valence-corrected chi connectivity index (χ0v) is 16.8. The van der Waals surface area contributed by atoms with E-state index in [2.05, 4.69) is 5.32 Å². The van der Waals surface area contributed by atoms with Gasteiger partial charge in [-0.25, -0.2) is 0 Å². The molecule has 1 N–H and O–H groups in total. The Bertz CT molecular complexity index is 845. The van der Waals surface area contributed by atoms with Gasteiger partial charge in [-0.05, 0) is 74.6 Å².